The third-order valence-corrected chi connectivity index (χ3v) is 15.1. The Morgan fingerprint density at radius 1 is 0.318 bits per heavy atom. The van der Waals surface area contributed by atoms with Crippen molar-refractivity contribution in [1.82, 2.24) is 14.7 Å². The highest BCUT2D eigenvalue weighted by atomic mass is 16.3. The van der Waals surface area contributed by atoms with Gasteiger partial charge in [-0.25, -0.2) is 0 Å². The maximum Gasteiger partial charge on any atom is 0.130 e. The van der Waals surface area contributed by atoms with Gasteiger partial charge < -0.3 is 15.3 Å². The molecule has 3 N–H and O–H groups in total. The van der Waals surface area contributed by atoms with Crippen LogP contribution in [0, 0.1) is 0 Å². The average molecular weight is 874 g/mol. The molecule has 3 aliphatic heterocycles. The molecule has 3 atom stereocenters. The molecule has 0 aliphatic carbocycles. The van der Waals surface area contributed by atoms with E-state index in [2.05, 4.69) is 106 Å². The highest BCUT2D eigenvalue weighted by molar-refractivity contribution is 5.42. The number of aliphatic hydroxyl groups is 3. The highest BCUT2D eigenvalue weighted by Gasteiger charge is 2.48. The molecule has 3 aliphatic rings. The van der Waals surface area contributed by atoms with Gasteiger partial charge in [-0.05, 0) is 108 Å². The van der Waals surface area contributed by atoms with E-state index < -0.39 is 16.8 Å². The molecule has 66 heavy (non-hydrogen) atoms. The lowest BCUT2D eigenvalue weighted by Gasteiger charge is -2.41. The summed E-state index contributed by atoms with van der Waals surface area (Å²) in [5, 5.41) is 39.2. The van der Waals surface area contributed by atoms with Crippen molar-refractivity contribution in [3.63, 3.8) is 0 Å². The van der Waals surface area contributed by atoms with Crippen LogP contribution in [-0.2, 0) is 36.4 Å². The fourth-order valence-electron chi connectivity index (χ4n) is 12.1. The Morgan fingerprint density at radius 2 is 0.515 bits per heavy atom. The summed E-state index contributed by atoms with van der Waals surface area (Å²) in [6.07, 6.45) is 5.64. The van der Waals surface area contributed by atoms with Crippen molar-refractivity contribution in [2.24, 2.45) is 0 Å². The summed E-state index contributed by atoms with van der Waals surface area (Å²) in [6.45, 7) is 4.73. The zero-order valence-corrected chi connectivity index (χ0v) is 38.0. The molecule has 336 valence electrons. The SMILES string of the molecule is OC(c1ccccc1)(c1ccccc1)[C@@H]1CCCN1Cc1cc(CN2CCC[C@H]2C(O)(c2ccccc2)c2ccccc2)cc(CN2CCC[C@H]2C(O)(c2ccccc2)c2ccccc2)c1. The van der Waals surface area contributed by atoms with Crippen molar-refractivity contribution >= 4 is 0 Å². The third kappa shape index (κ3) is 8.47. The average Bonchev–Trinajstić information content (AvgIpc) is 4.18. The van der Waals surface area contributed by atoms with Crippen LogP contribution in [-0.4, -0.2) is 67.8 Å². The fourth-order valence-corrected chi connectivity index (χ4v) is 12.1. The topological polar surface area (TPSA) is 70.4 Å². The third-order valence-electron chi connectivity index (χ3n) is 15.1. The summed E-state index contributed by atoms with van der Waals surface area (Å²) in [5.74, 6) is 0. The molecule has 7 aromatic carbocycles. The van der Waals surface area contributed by atoms with Gasteiger partial charge in [0.1, 0.15) is 16.8 Å². The Bertz CT molecular complexity index is 2210. The minimum absolute atomic E-state index is 0.126. The molecule has 10 rings (SSSR count). The van der Waals surface area contributed by atoms with Gasteiger partial charge in [0.2, 0.25) is 0 Å². The van der Waals surface area contributed by atoms with Crippen LogP contribution in [0.1, 0.15) is 88.6 Å². The van der Waals surface area contributed by atoms with Gasteiger partial charge in [-0.15, -0.1) is 0 Å². The molecule has 3 fully saturated rings. The van der Waals surface area contributed by atoms with Crippen molar-refractivity contribution in [2.75, 3.05) is 19.6 Å². The monoisotopic (exact) mass is 873 g/mol. The highest BCUT2D eigenvalue weighted by Crippen LogP contribution is 2.44. The Balaban J connectivity index is 1.02. The zero-order chi connectivity index (χ0) is 45.0. The maximum absolute atomic E-state index is 13.1. The molecule has 0 spiro atoms. The van der Waals surface area contributed by atoms with Gasteiger partial charge in [0.05, 0.1) is 0 Å². The van der Waals surface area contributed by atoms with Gasteiger partial charge >= 0.3 is 0 Å². The van der Waals surface area contributed by atoms with Crippen molar-refractivity contribution in [1.29, 1.82) is 0 Å². The van der Waals surface area contributed by atoms with Gasteiger partial charge in [0.25, 0.3) is 0 Å². The summed E-state index contributed by atoms with van der Waals surface area (Å²) in [7, 11) is 0. The van der Waals surface area contributed by atoms with Crippen molar-refractivity contribution < 1.29 is 15.3 Å². The summed E-state index contributed by atoms with van der Waals surface area (Å²) in [6, 6.07) is 68.1. The molecule has 7 aromatic rings. The number of nitrogens with zero attached hydrogens (tertiary/aromatic N) is 3. The Hall–Kier alpha value is -5.70. The maximum atomic E-state index is 13.1. The fraction of sp³-hybridized carbons (Fsp3) is 0.300. The van der Waals surface area contributed by atoms with Crippen molar-refractivity contribution in [2.45, 2.75) is 93.1 Å². The van der Waals surface area contributed by atoms with E-state index >= 15 is 0 Å². The molecular weight excluding hydrogens is 811 g/mol. The summed E-state index contributed by atoms with van der Waals surface area (Å²) in [5.41, 5.74) is 5.55. The van der Waals surface area contributed by atoms with Crippen LogP contribution in [0.2, 0.25) is 0 Å². The van der Waals surface area contributed by atoms with Crippen LogP contribution < -0.4 is 0 Å². The second-order valence-electron chi connectivity index (χ2n) is 19.0. The molecule has 6 heteroatoms. The van der Waals surface area contributed by atoms with E-state index in [-0.39, 0.29) is 18.1 Å². The van der Waals surface area contributed by atoms with Crippen LogP contribution in [0.4, 0.5) is 0 Å². The van der Waals surface area contributed by atoms with Gasteiger partial charge in [0.15, 0.2) is 0 Å². The quantitative estimate of drug-likeness (QED) is 0.0954. The van der Waals surface area contributed by atoms with Crippen LogP contribution >= 0.6 is 0 Å². The lowest BCUT2D eigenvalue weighted by atomic mass is 9.78. The van der Waals surface area contributed by atoms with E-state index in [9.17, 15) is 15.3 Å². The summed E-state index contributed by atoms with van der Waals surface area (Å²) in [4.78, 5) is 7.52. The summed E-state index contributed by atoms with van der Waals surface area (Å²) < 4.78 is 0. The zero-order valence-electron chi connectivity index (χ0n) is 38.0. The molecule has 3 heterocycles. The Kier molecular flexibility index (Phi) is 12.9. The molecule has 0 bridgehead atoms. The molecular formula is C60H63N3O3. The molecule has 0 saturated carbocycles. The molecule has 0 amide bonds. The standard InChI is InChI=1S/C60H63N3O3/c64-58(49-22-7-1-8-23-49,50-24-9-2-10-25-50)55-34-19-37-61(55)43-46-40-47(44-62-38-20-35-56(62)59(65,51-26-11-3-12-27-51)52-28-13-4-14-29-52)42-48(41-46)45-63-39-21-36-57(63)60(66,53-30-15-5-16-31-53)54-32-17-6-18-33-54/h1-18,22-33,40-42,55-57,64-66H,19-21,34-39,43-45H2/t55-,56-,57-/m0/s1. The first-order chi connectivity index (χ1) is 32.3. The van der Waals surface area contributed by atoms with Crippen LogP contribution in [0.15, 0.2) is 200 Å². The van der Waals surface area contributed by atoms with Gasteiger partial charge in [-0.3, -0.25) is 14.7 Å². The Morgan fingerprint density at radius 3 is 0.712 bits per heavy atom. The smallest absolute Gasteiger partial charge is 0.130 e. The van der Waals surface area contributed by atoms with E-state index in [0.29, 0.717) is 19.6 Å². The molecule has 6 nitrogen and oxygen atoms in total. The molecule has 0 aromatic heterocycles. The first-order valence-electron chi connectivity index (χ1n) is 24.2. The summed E-state index contributed by atoms with van der Waals surface area (Å²) >= 11 is 0. The number of likely N-dealkylation sites (tertiary alicyclic amines) is 3. The van der Waals surface area contributed by atoms with Crippen LogP contribution in [0.5, 0.6) is 0 Å². The van der Waals surface area contributed by atoms with Crippen molar-refractivity contribution in [3.8, 4) is 0 Å². The second kappa shape index (κ2) is 19.3. The largest absolute Gasteiger partial charge is 0.379 e. The lowest BCUT2D eigenvalue weighted by Crippen LogP contribution is -2.48. The lowest BCUT2D eigenvalue weighted by molar-refractivity contribution is -0.00737. The predicted octanol–water partition coefficient (Wildman–Crippen LogP) is 10.4. The normalized spacial score (nSPS) is 20.0. The van der Waals surface area contributed by atoms with E-state index in [0.717, 1.165) is 91.5 Å². The van der Waals surface area contributed by atoms with E-state index in [1.165, 1.54) is 16.7 Å². The van der Waals surface area contributed by atoms with Gasteiger partial charge in [-0.1, -0.05) is 200 Å². The molecule has 0 radical (unpaired) electrons. The number of hydrogen-bond acceptors (Lipinski definition) is 6. The van der Waals surface area contributed by atoms with E-state index in [4.69, 9.17) is 0 Å². The van der Waals surface area contributed by atoms with Crippen LogP contribution in [0.3, 0.4) is 0 Å². The number of hydrogen-bond donors (Lipinski definition) is 3. The van der Waals surface area contributed by atoms with Gasteiger partial charge in [-0.2, -0.15) is 0 Å². The Labute approximate surface area is 391 Å². The minimum atomic E-state index is -1.19. The number of rotatable bonds is 15. The minimum Gasteiger partial charge on any atom is -0.379 e. The molecule has 0 unspecified atom stereocenters. The predicted molar refractivity (Wildman–Crippen MR) is 264 cm³/mol. The van der Waals surface area contributed by atoms with Gasteiger partial charge in [0, 0.05) is 37.8 Å². The van der Waals surface area contributed by atoms with Crippen LogP contribution in [0.25, 0.3) is 0 Å². The second-order valence-corrected chi connectivity index (χ2v) is 19.0. The first-order valence-corrected chi connectivity index (χ1v) is 24.2. The van der Waals surface area contributed by atoms with E-state index in [1.54, 1.807) is 0 Å². The number of benzene rings is 7. The van der Waals surface area contributed by atoms with E-state index in [1.807, 2.05) is 109 Å². The van der Waals surface area contributed by atoms with Crippen molar-refractivity contribution in [3.05, 3.63) is 250 Å². The molecule has 3 saturated heterocycles. The first kappa shape index (κ1) is 44.2.